The van der Waals surface area contributed by atoms with Crippen molar-refractivity contribution < 1.29 is 14.3 Å². The van der Waals surface area contributed by atoms with Gasteiger partial charge in [-0.2, -0.15) is 0 Å². The number of esters is 1. The third kappa shape index (κ3) is 4.21. The Morgan fingerprint density at radius 3 is 2.57 bits per heavy atom. The van der Waals surface area contributed by atoms with Crippen molar-refractivity contribution in [2.45, 2.75) is 39.2 Å². The lowest BCUT2D eigenvalue weighted by atomic mass is 10.0. The highest BCUT2D eigenvalue weighted by Crippen LogP contribution is 2.34. The van der Waals surface area contributed by atoms with Gasteiger partial charge in [0.05, 0.1) is 19.6 Å². The number of hydrogen-bond donors (Lipinski definition) is 0. The lowest BCUT2D eigenvalue weighted by Gasteiger charge is -2.28. The number of hydrogen-bond acceptors (Lipinski definition) is 4. The molecule has 0 saturated carbocycles. The molecule has 1 atom stereocenters. The van der Waals surface area contributed by atoms with Crippen molar-refractivity contribution >= 4 is 5.97 Å². The van der Waals surface area contributed by atoms with Gasteiger partial charge in [-0.3, -0.25) is 9.69 Å². The number of rotatable bonds is 7. The summed E-state index contributed by atoms with van der Waals surface area (Å²) in [7, 11) is 0. The third-order valence-corrected chi connectivity index (χ3v) is 3.82. The number of likely N-dealkylation sites (tertiary alicyclic amines) is 1. The van der Waals surface area contributed by atoms with E-state index in [0.29, 0.717) is 19.6 Å². The fourth-order valence-corrected chi connectivity index (χ4v) is 2.91. The molecule has 0 bridgehead atoms. The summed E-state index contributed by atoms with van der Waals surface area (Å²) in [5, 5.41) is 0. The number of ether oxygens (including phenoxy) is 2. The normalized spacial score (nSPS) is 16.7. The van der Waals surface area contributed by atoms with E-state index in [1.165, 1.54) is 12.8 Å². The highest BCUT2D eigenvalue weighted by atomic mass is 16.5. The van der Waals surface area contributed by atoms with E-state index in [1.54, 1.807) is 0 Å². The van der Waals surface area contributed by atoms with E-state index in [-0.39, 0.29) is 12.0 Å². The fourth-order valence-electron chi connectivity index (χ4n) is 2.91. The second-order valence-electron chi connectivity index (χ2n) is 5.24. The van der Waals surface area contributed by atoms with Crippen LogP contribution in [0.5, 0.6) is 5.75 Å². The van der Waals surface area contributed by atoms with E-state index in [9.17, 15) is 4.79 Å². The Morgan fingerprint density at radius 1 is 1.19 bits per heavy atom. The Balaban J connectivity index is 2.23. The number of nitrogens with zero attached hydrogens (tertiary/aromatic N) is 1. The van der Waals surface area contributed by atoms with E-state index in [1.807, 2.05) is 32.0 Å². The molecule has 1 aliphatic heterocycles. The van der Waals surface area contributed by atoms with E-state index < -0.39 is 0 Å². The Bertz CT molecular complexity index is 455. The van der Waals surface area contributed by atoms with Gasteiger partial charge in [0, 0.05) is 11.6 Å². The Kier molecular flexibility index (Phi) is 6.05. The molecule has 21 heavy (non-hydrogen) atoms. The minimum Gasteiger partial charge on any atom is -0.494 e. The van der Waals surface area contributed by atoms with Crippen molar-refractivity contribution in [2.24, 2.45) is 0 Å². The molecule has 1 unspecified atom stereocenters. The van der Waals surface area contributed by atoms with Crippen LogP contribution in [-0.4, -0.2) is 37.2 Å². The maximum atomic E-state index is 12.0. The van der Waals surface area contributed by atoms with Gasteiger partial charge < -0.3 is 9.47 Å². The van der Waals surface area contributed by atoms with Gasteiger partial charge in [-0.25, -0.2) is 0 Å². The van der Waals surface area contributed by atoms with Gasteiger partial charge in [-0.1, -0.05) is 18.2 Å². The highest BCUT2D eigenvalue weighted by molar-refractivity contribution is 5.70. The van der Waals surface area contributed by atoms with Gasteiger partial charge >= 0.3 is 5.97 Å². The molecule has 0 aromatic heterocycles. The van der Waals surface area contributed by atoms with Crippen LogP contribution in [0.1, 0.15) is 44.7 Å². The monoisotopic (exact) mass is 291 g/mol. The van der Waals surface area contributed by atoms with Crippen LogP contribution in [0.3, 0.4) is 0 Å². The maximum absolute atomic E-state index is 12.0. The summed E-state index contributed by atoms with van der Waals surface area (Å²) in [5.41, 5.74) is 1.09. The number of carbonyl (C=O) groups is 1. The number of para-hydroxylation sites is 1. The minimum atomic E-state index is -0.138. The number of carbonyl (C=O) groups excluding carboxylic acids is 1. The summed E-state index contributed by atoms with van der Waals surface area (Å²) in [4.78, 5) is 14.3. The van der Waals surface area contributed by atoms with Crippen molar-refractivity contribution in [1.29, 1.82) is 0 Å². The average Bonchev–Trinajstić information content (AvgIpc) is 3.00. The highest BCUT2D eigenvalue weighted by Gasteiger charge is 2.28. The lowest BCUT2D eigenvalue weighted by molar-refractivity contribution is -0.144. The van der Waals surface area contributed by atoms with Crippen LogP contribution in [0.15, 0.2) is 24.3 Å². The van der Waals surface area contributed by atoms with E-state index in [2.05, 4.69) is 11.0 Å². The molecule has 0 N–H and O–H groups in total. The van der Waals surface area contributed by atoms with Crippen LogP contribution >= 0.6 is 0 Å². The molecule has 0 spiro atoms. The van der Waals surface area contributed by atoms with Crippen LogP contribution in [-0.2, 0) is 9.53 Å². The summed E-state index contributed by atoms with van der Waals surface area (Å²) < 4.78 is 10.9. The van der Waals surface area contributed by atoms with Gasteiger partial charge in [0.1, 0.15) is 5.75 Å². The molecule has 1 heterocycles. The predicted molar refractivity (Wildman–Crippen MR) is 82.4 cm³/mol. The molecule has 1 aromatic carbocycles. The summed E-state index contributed by atoms with van der Waals surface area (Å²) in [6.07, 6.45) is 2.77. The van der Waals surface area contributed by atoms with Gasteiger partial charge in [0.25, 0.3) is 0 Å². The van der Waals surface area contributed by atoms with Crippen molar-refractivity contribution in [3.05, 3.63) is 29.8 Å². The zero-order valence-corrected chi connectivity index (χ0v) is 13.0. The SMILES string of the molecule is CCOC(=O)CC(c1ccccc1OCC)N1CCCC1. The molecule has 116 valence electrons. The van der Waals surface area contributed by atoms with Gasteiger partial charge in [-0.05, 0) is 45.8 Å². The summed E-state index contributed by atoms with van der Waals surface area (Å²) in [6.45, 7) is 6.95. The molecule has 0 amide bonds. The first-order chi connectivity index (χ1) is 10.3. The Hall–Kier alpha value is -1.55. The molecular formula is C17H25NO3. The molecule has 2 rings (SSSR count). The predicted octanol–water partition coefficient (Wildman–Crippen LogP) is 3.18. The van der Waals surface area contributed by atoms with Crippen molar-refractivity contribution in [3.63, 3.8) is 0 Å². The summed E-state index contributed by atoms with van der Waals surface area (Å²) >= 11 is 0. The van der Waals surface area contributed by atoms with Crippen LogP contribution in [0, 0.1) is 0 Å². The zero-order chi connectivity index (χ0) is 15.1. The second-order valence-corrected chi connectivity index (χ2v) is 5.24. The first-order valence-corrected chi connectivity index (χ1v) is 7.87. The van der Waals surface area contributed by atoms with E-state index >= 15 is 0 Å². The van der Waals surface area contributed by atoms with E-state index in [0.717, 1.165) is 24.4 Å². The summed E-state index contributed by atoms with van der Waals surface area (Å²) in [5.74, 6) is 0.738. The van der Waals surface area contributed by atoms with Crippen LogP contribution in [0.25, 0.3) is 0 Å². The molecular weight excluding hydrogens is 266 g/mol. The second kappa shape index (κ2) is 8.03. The molecule has 0 radical (unpaired) electrons. The maximum Gasteiger partial charge on any atom is 0.307 e. The smallest absolute Gasteiger partial charge is 0.307 e. The molecule has 0 aliphatic carbocycles. The van der Waals surface area contributed by atoms with Gasteiger partial charge in [0.15, 0.2) is 0 Å². The first-order valence-electron chi connectivity index (χ1n) is 7.87. The van der Waals surface area contributed by atoms with Crippen LogP contribution < -0.4 is 4.74 Å². The van der Waals surface area contributed by atoms with Crippen molar-refractivity contribution in [3.8, 4) is 5.75 Å². The molecule has 4 heteroatoms. The molecule has 1 aromatic rings. The standard InChI is InChI=1S/C17H25NO3/c1-3-20-16-10-6-5-9-14(16)15(13-17(19)21-4-2)18-11-7-8-12-18/h5-6,9-10,15H,3-4,7-8,11-13H2,1-2H3. The molecule has 1 aliphatic rings. The molecule has 4 nitrogen and oxygen atoms in total. The largest absolute Gasteiger partial charge is 0.494 e. The first kappa shape index (κ1) is 15.8. The Morgan fingerprint density at radius 2 is 1.90 bits per heavy atom. The average molecular weight is 291 g/mol. The minimum absolute atomic E-state index is 0.0503. The van der Waals surface area contributed by atoms with E-state index in [4.69, 9.17) is 9.47 Å². The fraction of sp³-hybridized carbons (Fsp3) is 0.588. The molecule has 1 fully saturated rings. The van der Waals surface area contributed by atoms with Crippen molar-refractivity contribution in [2.75, 3.05) is 26.3 Å². The van der Waals surface area contributed by atoms with Gasteiger partial charge in [0.2, 0.25) is 0 Å². The molecule has 1 saturated heterocycles. The Labute approximate surface area is 127 Å². The van der Waals surface area contributed by atoms with Crippen LogP contribution in [0.4, 0.5) is 0 Å². The summed E-state index contributed by atoms with van der Waals surface area (Å²) in [6, 6.07) is 8.07. The lowest BCUT2D eigenvalue weighted by Crippen LogP contribution is -2.28. The third-order valence-electron chi connectivity index (χ3n) is 3.82. The van der Waals surface area contributed by atoms with Gasteiger partial charge in [-0.15, -0.1) is 0 Å². The van der Waals surface area contributed by atoms with Crippen molar-refractivity contribution in [1.82, 2.24) is 4.90 Å². The number of benzene rings is 1. The topological polar surface area (TPSA) is 38.8 Å². The zero-order valence-electron chi connectivity index (χ0n) is 13.0. The van der Waals surface area contributed by atoms with Crippen LogP contribution in [0.2, 0.25) is 0 Å². The quantitative estimate of drug-likeness (QED) is 0.723.